The topological polar surface area (TPSA) is 46.6 Å². The fraction of sp³-hybridized carbons (Fsp3) is 0.263. The summed E-state index contributed by atoms with van der Waals surface area (Å²) in [7, 11) is 0. The van der Waals surface area contributed by atoms with E-state index < -0.39 is 12.1 Å². The summed E-state index contributed by atoms with van der Waals surface area (Å²) >= 11 is 3.43. The molecule has 1 fully saturated rings. The highest BCUT2D eigenvalue weighted by Crippen LogP contribution is 2.21. The molecule has 3 rings (SSSR count). The number of nitrogens with zero attached hydrogens (tertiary/aromatic N) is 1. The van der Waals surface area contributed by atoms with Crippen molar-refractivity contribution in [1.82, 2.24) is 4.90 Å². The Bertz CT molecular complexity index is 732. The van der Waals surface area contributed by atoms with Gasteiger partial charge in [-0.05, 0) is 23.3 Å². The Morgan fingerprint density at radius 2 is 1.88 bits per heavy atom. The zero-order chi connectivity index (χ0) is 16.9. The van der Waals surface area contributed by atoms with Gasteiger partial charge in [0.25, 0.3) is 0 Å². The van der Waals surface area contributed by atoms with Gasteiger partial charge in [0.1, 0.15) is 6.61 Å². The van der Waals surface area contributed by atoms with E-state index in [0.717, 1.165) is 15.6 Å². The Labute approximate surface area is 149 Å². The Morgan fingerprint density at radius 1 is 1.12 bits per heavy atom. The SMILES string of the molecule is O=C1CCN(C(=O)OCc2ccccc2)C1Cc1cccc(Br)c1. The fourth-order valence-corrected chi connectivity index (χ4v) is 3.31. The molecule has 1 aliphatic rings. The first-order chi connectivity index (χ1) is 11.6. The molecule has 0 aliphatic carbocycles. The maximum Gasteiger partial charge on any atom is 0.410 e. The van der Waals surface area contributed by atoms with Gasteiger partial charge in [-0.15, -0.1) is 0 Å². The molecule has 5 heteroatoms. The van der Waals surface area contributed by atoms with Crippen molar-refractivity contribution in [2.24, 2.45) is 0 Å². The number of likely N-dealkylation sites (tertiary alicyclic amines) is 1. The molecule has 2 aromatic rings. The highest BCUT2D eigenvalue weighted by atomic mass is 79.9. The van der Waals surface area contributed by atoms with Crippen LogP contribution in [0.1, 0.15) is 17.5 Å². The van der Waals surface area contributed by atoms with Crippen LogP contribution in [0.3, 0.4) is 0 Å². The molecule has 1 aliphatic heterocycles. The molecule has 0 spiro atoms. The number of benzene rings is 2. The summed E-state index contributed by atoms with van der Waals surface area (Å²) in [6.45, 7) is 0.638. The molecule has 1 atom stereocenters. The van der Waals surface area contributed by atoms with Gasteiger partial charge in [-0.25, -0.2) is 4.79 Å². The van der Waals surface area contributed by atoms with Crippen LogP contribution >= 0.6 is 15.9 Å². The zero-order valence-corrected chi connectivity index (χ0v) is 14.7. The minimum Gasteiger partial charge on any atom is -0.445 e. The molecule has 0 N–H and O–H groups in total. The number of Topliss-reactive ketones (excluding diaryl/α,β-unsaturated/α-hetero) is 1. The molecule has 24 heavy (non-hydrogen) atoms. The van der Waals surface area contributed by atoms with Crippen LogP contribution in [0.2, 0.25) is 0 Å². The molecule has 1 unspecified atom stereocenters. The number of hydrogen-bond donors (Lipinski definition) is 0. The van der Waals surface area contributed by atoms with Gasteiger partial charge in [-0.2, -0.15) is 0 Å². The summed E-state index contributed by atoms with van der Waals surface area (Å²) in [5.41, 5.74) is 1.95. The molecule has 0 bridgehead atoms. The minimum absolute atomic E-state index is 0.0895. The lowest BCUT2D eigenvalue weighted by molar-refractivity contribution is -0.119. The maximum atomic E-state index is 12.4. The van der Waals surface area contributed by atoms with Crippen LogP contribution in [0.25, 0.3) is 0 Å². The number of carbonyl (C=O) groups excluding carboxylic acids is 2. The fourth-order valence-electron chi connectivity index (χ4n) is 2.86. The summed E-state index contributed by atoms with van der Waals surface area (Å²) in [6.07, 6.45) is 0.474. The van der Waals surface area contributed by atoms with Crippen LogP contribution in [0, 0.1) is 0 Å². The highest BCUT2D eigenvalue weighted by Gasteiger charge is 2.36. The standard InChI is InChI=1S/C19H18BrNO3/c20-16-8-4-7-15(11-16)12-17-18(22)9-10-21(17)19(23)24-13-14-5-2-1-3-6-14/h1-8,11,17H,9-10,12-13H2. The van der Waals surface area contributed by atoms with E-state index in [9.17, 15) is 9.59 Å². The molecule has 0 radical (unpaired) electrons. The van der Waals surface area contributed by atoms with Gasteiger partial charge in [0.15, 0.2) is 5.78 Å². The van der Waals surface area contributed by atoms with Crippen LogP contribution in [-0.2, 0) is 22.6 Å². The van der Waals surface area contributed by atoms with Gasteiger partial charge < -0.3 is 4.74 Å². The second kappa shape index (κ2) is 7.62. The predicted octanol–water partition coefficient (Wildman–Crippen LogP) is 3.97. The number of ether oxygens (including phenoxy) is 1. The maximum absolute atomic E-state index is 12.4. The van der Waals surface area contributed by atoms with Crippen LogP contribution in [0.5, 0.6) is 0 Å². The van der Waals surface area contributed by atoms with Crippen molar-refractivity contribution in [3.63, 3.8) is 0 Å². The van der Waals surface area contributed by atoms with Crippen LogP contribution in [0.4, 0.5) is 4.79 Å². The Kier molecular flexibility index (Phi) is 5.30. The van der Waals surface area contributed by atoms with Crippen molar-refractivity contribution in [3.8, 4) is 0 Å². The molecule has 0 aromatic heterocycles. The third kappa shape index (κ3) is 4.03. The average Bonchev–Trinajstić information content (AvgIpc) is 2.95. The lowest BCUT2D eigenvalue weighted by Gasteiger charge is -2.23. The van der Waals surface area contributed by atoms with Crippen LogP contribution < -0.4 is 0 Å². The number of rotatable bonds is 4. The quantitative estimate of drug-likeness (QED) is 0.796. The Hall–Kier alpha value is -2.14. The van der Waals surface area contributed by atoms with E-state index in [1.165, 1.54) is 0 Å². The summed E-state index contributed by atoms with van der Waals surface area (Å²) in [4.78, 5) is 26.1. The normalized spacial score (nSPS) is 17.1. The summed E-state index contributed by atoms with van der Waals surface area (Å²) in [5, 5.41) is 0. The number of halogens is 1. The smallest absolute Gasteiger partial charge is 0.410 e. The van der Waals surface area contributed by atoms with Gasteiger partial charge in [0.05, 0.1) is 6.04 Å². The van der Waals surface area contributed by atoms with Gasteiger partial charge in [0, 0.05) is 23.9 Å². The molecule has 4 nitrogen and oxygen atoms in total. The first-order valence-electron chi connectivity index (χ1n) is 7.88. The second-order valence-corrected chi connectivity index (χ2v) is 6.72. The summed E-state index contributed by atoms with van der Waals surface area (Å²) in [5.74, 6) is 0.0895. The van der Waals surface area contributed by atoms with E-state index in [0.29, 0.717) is 19.4 Å². The van der Waals surface area contributed by atoms with E-state index in [1.807, 2.05) is 54.6 Å². The van der Waals surface area contributed by atoms with E-state index >= 15 is 0 Å². The number of carbonyl (C=O) groups is 2. The third-order valence-corrected chi connectivity index (χ3v) is 4.60. The largest absolute Gasteiger partial charge is 0.445 e. The minimum atomic E-state index is -0.442. The second-order valence-electron chi connectivity index (χ2n) is 5.80. The van der Waals surface area contributed by atoms with E-state index in [1.54, 1.807) is 4.90 Å². The first-order valence-corrected chi connectivity index (χ1v) is 8.67. The molecular formula is C19H18BrNO3. The Balaban J connectivity index is 1.65. The van der Waals surface area contributed by atoms with Crippen molar-refractivity contribution >= 4 is 27.8 Å². The van der Waals surface area contributed by atoms with Gasteiger partial charge in [0.2, 0.25) is 0 Å². The highest BCUT2D eigenvalue weighted by molar-refractivity contribution is 9.10. The van der Waals surface area contributed by atoms with Crippen molar-refractivity contribution in [2.75, 3.05) is 6.54 Å². The molecule has 2 aromatic carbocycles. The van der Waals surface area contributed by atoms with Crippen LogP contribution in [0.15, 0.2) is 59.1 Å². The average molecular weight is 388 g/mol. The molecule has 1 saturated heterocycles. The van der Waals surface area contributed by atoms with Gasteiger partial charge in [-0.1, -0.05) is 58.4 Å². The predicted molar refractivity (Wildman–Crippen MR) is 94.6 cm³/mol. The van der Waals surface area contributed by atoms with E-state index in [4.69, 9.17) is 4.74 Å². The molecule has 1 amide bonds. The first kappa shape index (κ1) is 16.7. The third-order valence-electron chi connectivity index (χ3n) is 4.10. The number of ketones is 1. The van der Waals surface area contributed by atoms with Gasteiger partial charge >= 0.3 is 6.09 Å². The van der Waals surface area contributed by atoms with Crippen molar-refractivity contribution in [1.29, 1.82) is 0 Å². The lowest BCUT2D eigenvalue weighted by atomic mass is 10.0. The lowest BCUT2D eigenvalue weighted by Crippen LogP contribution is -2.39. The molecule has 124 valence electrons. The van der Waals surface area contributed by atoms with Crippen molar-refractivity contribution in [3.05, 3.63) is 70.2 Å². The Morgan fingerprint density at radius 3 is 2.62 bits per heavy atom. The van der Waals surface area contributed by atoms with Crippen molar-refractivity contribution in [2.45, 2.75) is 25.5 Å². The summed E-state index contributed by atoms with van der Waals surface area (Å²) in [6, 6.07) is 16.9. The zero-order valence-electron chi connectivity index (χ0n) is 13.2. The molecule has 0 saturated carbocycles. The van der Waals surface area contributed by atoms with Crippen LogP contribution in [-0.4, -0.2) is 29.4 Å². The molecule has 1 heterocycles. The van der Waals surface area contributed by atoms with Gasteiger partial charge in [-0.3, -0.25) is 9.69 Å². The van der Waals surface area contributed by atoms with E-state index in [2.05, 4.69) is 15.9 Å². The van der Waals surface area contributed by atoms with Crippen molar-refractivity contribution < 1.29 is 14.3 Å². The molecular weight excluding hydrogens is 370 g/mol. The number of amides is 1. The van der Waals surface area contributed by atoms with E-state index in [-0.39, 0.29) is 12.4 Å². The number of hydrogen-bond acceptors (Lipinski definition) is 3. The monoisotopic (exact) mass is 387 g/mol. The summed E-state index contributed by atoms with van der Waals surface area (Å²) < 4.78 is 6.34.